The van der Waals surface area contributed by atoms with Crippen molar-refractivity contribution in [1.82, 2.24) is 14.5 Å². The summed E-state index contributed by atoms with van der Waals surface area (Å²) in [6, 6.07) is 0. The van der Waals surface area contributed by atoms with Gasteiger partial charge < -0.3 is 4.90 Å². The Morgan fingerprint density at radius 1 is 1.38 bits per heavy atom. The average Bonchev–Trinajstić information content (AvgIpc) is 3.21. The van der Waals surface area contributed by atoms with Gasteiger partial charge in [-0.15, -0.1) is 11.3 Å². The van der Waals surface area contributed by atoms with E-state index in [-0.39, 0.29) is 11.5 Å². The molecule has 0 aromatic carbocycles. The number of carbonyl (C=O) groups excluding carboxylic acids is 1. The van der Waals surface area contributed by atoms with E-state index in [0.29, 0.717) is 16.8 Å². The van der Waals surface area contributed by atoms with E-state index < -0.39 is 0 Å². The number of thioether (sulfide) groups is 1. The zero-order valence-corrected chi connectivity index (χ0v) is 17.0. The van der Waals surface area contributed by atoms with Gasteiger partial charge in [0.1, 0.15) is 4.83 Å². The number of aromatic nitrogens is 2. The molecule has 26 heavy (non-hydrogen) atoms. The van der Waals surface area contributed by atoms with Crippen LogP contribution in [0.3, 0.4) is 0 Å². The average molecular weight is 392 g/mol. The van der Waals surface area contributed by atoms with Crippen molar-refractivity contribution in [3.8, 4) is 0 Å². The fourth-order valence-electron chi connectivity index (χ4n) is 3.65. The van der Waals surface area contributed by atoms with Crippen LogP contribution >= 0.6 is 23.1 Å². The topological polar surface area (TPSA) is 55.2 Å². The van der Waals surface area contributed by atoms with Crippen molar-refractivity contribution in [1.29, 1.82) is 0 Å². The molecule has 7 heteroatoms. The first-order valence-electron chi connectivity index (χ1n) is 9.50. The van der Waals surface area contributed by atoms with Gasteiger partial charge in [0.25, 0.3) is 5.56 Å². The Bertz CT molecular complexity index is 898. The first kappa shape index (κ1) is 18.0. The van der Waals surface area contributed by atoms with Gasteiger partial charge in [-0.2, -0.15) is 0 Å². The normalized spacial score (nSPS) is 16.2. The van der Waals surface area contributed by atoms with Crippen LogP contribution in [-0.4, -0.2) is 39.2 Å². The Hall–Kier alpha value is -1.34. The van der Waals surface area contributed by atoms with E-state index in [9.17, 15) is 9.59 Å². The molecule has 0 radical (unpaired) electrons. The Balaban J connectivity index is 1.52. The summed E-state index contributed by atoms with van der Waals surface area (Å²) in [5, 5.41) is 1.46. The van der Waals surface area contributed by atoms with Crippen molar-refractivity contribution in [3.63, 3.8) is 0 Å². The van der Waals surface area contributed by atoms with Crippen LogP contribution in [0, 0.1) is 5.92 Å². The van der Waals surface area contributed by atoms with E-state index in [1.807, 2.05) is 4.90 Å². The number of fused-ring (bicyclic) bond motifs is 3. The number of nitrogens with zero attached hydrogens (tertiary/aromatic N) is 3. The van der Waals surface area contributed by atoms with Gasteiger partial charge in [0, 0.05) is 25.0 Å². The lowest BCUT2D eigenvalue weighted by atomic mass is 10.2. The monoisotopic (exact) mass is 391 g/mol. The number of hydrogen-bond donors (Lipinski definition) is 0. The highest BCUT2D eigenvalue weighted by Gasteiger charge is 2.27. The van der Waals surface area contributed by atoms with E-state index in [1.165, 1.54) is 35.0 Å². The Morgan fingerprint density at radius 3 is 2.92 bits per heavy atom. The molecule has 2 heterocycles. The molecule has 2 aromatic heterocycles. The number of amides is 1. The van der Waals surface area contributed by atoms with Gasteiger partial charge in [-0.05, 0) is 50.0 Å². The minimum atomic E-state index is 0.0349. The van der Waals surface area contributed by atoms with Gasteiger partial charge >= 0.3 is 0 Å². The molecular formula is C19H25N3O2S2. The summed E-state index contributed by atoms with van der Waals surface area (Å²) in [6.07, 6.45) is 6.66. The molecule has 0 atom stereocenters. The number of rotatable bonds is 7. The van der Waals surface area contributed by atoms with E-state index in [4.69, 9.17) is 4.98 Å². The second-order valence-corrected chi connectivity index (χ2v) is 9.39. The van der Waals surface area contributed by atoms with E-state index in [0.717, 1.165) is 49.0 Å². The third-order valence-electron chi connectivity index (χ3n) is 5.25. The molecule has 4 rings (SSSR count). The molecule has 5 nitrogen and oxygen atoms in total. The van der Waals surface area contributed by atoms with Crippen molar-refractivity contribution in [2.45, 2.75) is 50.6 Å². The van der Waals surface area contributed by atoms with E-state index >= 15 is 0 Å². The fourth-order valence-corrected chi connectivity index (χ4v) is 5.83. The standard InChI is InChI=1S/C19H25N3O2S2/c1-3-9-22(10-12-7-8-12)15(23)11-25-19-20-17-16(18(24)21(19)2)13-5-4-6-14(13)26-17/h12H,3-11H2,1-2H3. The molecule has 1 amide bonds. The van der Waals surface area contributed by atoms with Gasteiger partial charge in [0.15, 0.2) is 5.16 Å². The van der Waals surface area contributed by atoms with Crippen LogP contribution in [-0.2, 0) is 24.7 Å². The van der Waals surface area contributed by atoms with E-state index in [2.05, 4.69) is 6.92 Å². The number of thiophene rings is 1. The van der Waals surface area contributed by atoms with Crippen LogP contribution in [0.15, 0.2) is 9.95 Å². The molecule has 2 aliphatic rings. The smallest absolute Gasteiger partial charge is 0.262 e. The molecule has 0 N–H and O–H groups in total. The molecule has 0 unspecified atom stereocenters. The second-order valence-electron chi connectivity index (χ2n) is 7.37. The van der Waals surface area contributed by atoms with Crippen LogP contribution in [0.5, 0.6) is 0 Å². The van der Waals surface area contributed by atoms with Crippen LogP contribution in [0.1, 0.15) is 43.0 Å². The predicted molar refractivity (Wildman–Crippen MR) is 107 cm³/mol. The molecule has 140 valence electrons. The number of carbonyl (C=O) groups is 1. The summed E-state index contributed by atoms with van der Waals surface area (Å²) in [4.78, 5) is 34.3. The van der Waals surface area contributed by atoms with Crippen LogP contribution in [0.4, 0.5) is 0 Å². The zero-order chi connectivity index (χ0) is 18.3. The van der Waals surface area contributed by atoms with Crippen molar-refractivity contribution in [2.75, 3.05) is 18.8 Å². The maximum absolute atomic E-state index is 12.8. The van der Waals surface area contributed by atoms with Gasteiger partial charge in [-0.25, -0.2) is 4.98 Å². The largest absolute Gasteiger partial charge is 0.342 e. The molecule has 0 saturated heterocycles. The van der Waals surface area contributed by atoms with Crippen LogP contribution in [0.25, 0.3) is 10.2 Å². The third-order valence-corrected chi connectivity index (χ3v) is 7.45. The summed E-state index contributed by atoms with van der Waals surface area (Å²) in [6.45, 7) is 3.81. The summed E-state index contributed by atoms with van der Waals surface area (Å²) in [7, 11) is 1.77. The van der Waals surface area contributed by atoms with Gasteiger partial charge in [-0.1, -0.05) is 18.7 Å². The molecule has 0 bridgehead atoms. The minimum Gasteiger partial charge on any atom is -0.342 e. The molecule has 0 aliphatic heterocycles. The van der Waals surface area contributed by atoms with Gasteiger partial charge in [0.05, 0.1) is 11.1 Å². The SMILES string of the molecule is CCCN(CC1CC1)C(=O)CSc1nc2sc3c(c2c(=O)n1C)CCC3. The highest BCUT2D eigenvalue weighted by molar-refractivity contribution is 7.99. The molecule has 2 aromatic rings. The lowest BCUT2D eigenvalue weighted by molar-refractivity contribution is -0.128. The maximum atomic E-state index is 12.8. The van der Waals surface area contributed by atoms with Gasteiger partial charge in [0.2, 0.25) is 5.91 Å². The quantitative estimate of drug-likeness (QED) is 0.537. The van der Waals surface area contributed by atoms with Crippen molar-refractivity contribution < 1.29 is 4.79 Å². The predicted octanol–water partition coefficient (Wildman–Crippen LogP) is 3.22. The van der Waals surface area contributed by atoms with Crippen molar-refractivity contribution in [3.05, 3.63) is 20.8 Å². The second kappa shape index (κ2) is 7.35. The summed E-state index contributed by atoms with van der Waals surface area (Å²) < 4.78 is 1.62. The maximum Gasteiger partial charge on any atom is 0.262 e. The zero-order valence-electron chi connectivity index (χ0n) is 15.4. The summed E-state index contributed by atoms with van der Waals surface area (Å²) in [5.41, 5.74) is 1.25. The lowest BCUT2D eigenvalue weighted by Gasteiger charge is -2.21. The van der Waals surface area contributed by atoms with Crippen LogP contribution < -0.4 is 5.56 Å². The Labute approximate surface area is 161 Å². The van der Waals surface area contributed by atoms with Crippen LogP contribution in [0.2, 0.25) is 0 Å². The lowest BCUT2D eigenvalue weighted by Crippen LogP contribution is -2.35. The first-order chi connectivity index (χ1) is 12.6. The van der Waals surface area contributed by atoms with Crippen molar-refractivity contribution in [2.24, 2.45) is 13.0 Å². The molecule has 1 fully saturated rings. The molecular weight excluding hydrogens is 366 g/mol. The fraction of sp³-hybridized carbons (Fsp3) is 0.632. The van der Waals surface area contributed by atoms with Crippen molar-refractivity contribution >= 4 is 39.2 Å². The third kappa shape index (κ3) is 3.43. The van der Waals surface area contributed by atoms with Gasteiger partial charge in [-0.3, -0.25) is 14.2 Å². The highest BCUT2D eigenvalue weighted by atomic mass is 32.2. The molecule has 2 aliphatic carbocycles. The Morgan fingerprint density at radius 2 is 2.19 bits per heavy atom. The van der Waals surface area contributed by atoms with E-state index in [1.54, 1.807) is 23.0 Å². The Kier molecular flexibility index (Phi) is 5.10. The summed E-state index contributed by atoms with van der Waals surface area (Å²) in [5.74, 6) is 1.21. The molecule has 1 saturated carbocycles. The molecule has 0 spiro atoms. The minimum absolute atomic E-state index is 0.0349. The highest BCUT2D eigenvalue weighted by Crippen LogP contribution is 2.35. The summed E-state index contributed by atoms with van der Waals surface area (Å²) >= 11 is 3.05. The number of hydrogen-bond acceptors (Lipinski definition) is 5. The number of aryl methyl sites for hydroxylation is 2. The first-order valence-corrected chi connectivity index (χ1v) is 11.3.